The van der Waals surface area contributed by atoms with E-state index >= 15 is 0 Å². The second kappa shape index (κ2) is 7.99. The van der Waals surface area contributed by atoms with Crippen molar-refractivity contribution in [3.05, 3.63) is 152 Å². The first kappa shape index (κ1) is 22.9. The van der Waals surface area contributed by atoms with Crippen LogP contribution < -0.4 is 0 Å². The summed E-state index contributed by atoms with van der Waals surface area (Å²) in [5, 5.41) is 25.7. The van der Waals surface area contributed by atoms with Crippen LogP contribution in [-0.4, -0.2) is 21.8 Å². The number of halogens is 2. The molecular formula is C30H18Cl2O4. The summed E-state index contributed by atoms with van der Waals surface area (Å²) in [4.78, 5) is 28.0. The van der Waals surface area contributed by atoms with E-state index in [2.05, 4.69) is 0 Å². The maximum Gasteiger partial charge on any atom is 0.193 e. The van der Waals surface area contributed by atoms with Gasteiger partial charge in [-0.3, -0.25) is 9.59 Å². The standard InChI is InChI=1S/C30H18Cl2O4/c31-19-13-9-17(10-14-19)29(35)23-7-3-1-5-21(23)27(33)25(29)26-28(34)22-6-2-4-8-24(22)30(26,36)18-11-15-20(32)16-12-18/h1-16,35-36H/b26-25+. The summed E-state index contributed by atoms with van der Waals surface area (Å²) in [6, 6.07) is 26.3. The number of carbonyl (C=O) groups excluding carboxylic acids is 2. The Kier molecular flexibility index (Phi) is 5.08. The molecule has 2 aliphatic carbocycles. The first-order valence-electron chi connectivity index (χ1n) is 11.3. The number of ketones is 2. The van der Waals surface area contributed by atoms with Crippen molar-refractivity contribution < 1.29 is 19.8 Å². The van der Waals surface area contributed by atoms with Crippen LogP contribution in [0.5, 0.6) is 0 Å². The Bertz CT molecular complexity index is 1480. The second-order valence-corrected chi connectivity index (χ2v) is 9.81. The van der Waals surface area contributed by atoms with Gasteiger partial charge in [0.1, 0.15) is 11.2 Å². The number of aliphatic hydroxyl groups is 2. The molecule has 0 amide bonds. The Labute approximate surface area is 217 Å². The summed E-state index contributed by atoms with van der Waals surface area (Å²) in [6.07, 6.45) is 0. The number of benzene rings is 4. The quantitative estimate of drug-likeness (QED) is 0.330. The molecule has 0 aromatic heterocycles. The first-order valence-corrected chi connectivity index (χ1v) is 12.0. The lowest BCUT2D eigenvalue weighted by Crippen LogP contribution is -2.36. The van der Waals surface area contributed by atoms with Crippen LogP contribution in [0.15, 0.2) is 108 Å². The number of fused-ring (bicyclic) bond motifs is 2. The van der Waals surface area contributed by atoms with Crippen molar-refractivity contribution in [2.24, 2.45) is 0 Å². The fraction of sp³-hybridized carbons (Fsp3) is 0.0667. The molecule has 0 saturated heterocycles. The van der Waals surface area contributed by atoms with Gasteiger partial charge in [-0.25, -0.2) is 0 Å². The SMILES string of the molecule is O=C1/C(=C2/C(=O)c3ccccc3C2(O)c2ccc(Cl)cc2)C(O)(c2ccc(Cl)cc2)c2ccccc21. The van der Waals surface area contributed by atoms with Gasteiger partial charge >= 0.3 is 0 Å². The summed E-state index contributed by atoms with van der Waals surface area (Å²) in [5.74, 6) is -1.04. The maximum atomic E-state index is 14.0. The van der Waals surface area contributed by atoms with Crippen molar-refractivity contribution in [3.8, 4) is 0 Å². The average molecular weight is 513 g/mol. The van der Waals surface area contributed by atoms with Gasteiger partial charge in [0.15, 0.2) is 11.6 Å². The molecule has 6 rings (SSSR count). The molecule has 0 heterocycles. The first-order chi connectivity index (χ1) is 17.3. The van der Waals surface area contributed by atoms with Gasteiger partial charge in [-0.2, -0.15) is 0 Å². The van der Waals surface area contributed by atoms with Gasteiger partial charge in [-0.05, 0) is 35.4 Å². The van der Waals surface area contributed by atoms with Crippen molar-refractivity contribution in [2.45, 2.75) is 11.2 Å². The molecule has 0 bridgehead atoms. The molecule has 6 heteroatoms. The van der Waals surface area contributed by atoms with Gasteiger partial charge in [-0.15, -0.1) is 0 Å². The molecule has 4 nitrogen and oxygen atoms in total. The van der Waals surface area contributed by atoms with Crippen LogP contribution >= 0.6 is 23.2 Å². The van der Waals surface area contributed by atoms with E-state index in [0.29, 0.717) is 32.3 Å². The van der Waals surface area contributed by atoms with Crippen LogP contribution in [0.1, 0.15) is 43.0 Å². The van der Waals surface area contributed by atoms with E-state index < -0.39 is 22.8 Å². The Morgan fingerprint density at radius 3 is 1.19 bits per heavy atom. The lowest BCUT2D eigenvalue weighted by molar-refractivity contribution is 0.0803. The monoisotopic (exact) mass is 512 g/mol. The minimum Gasteiger partial charge on any atom is -0.376 e. The van der Waals surface area contributed by atoms with Crippen LogP contribution in [0.4, 0.5) is 0 Å². The Morgan fingerprint density at radius 2 is 0.833 bits per heavy atom. The molecule has 0 aliphatic heterocycles. The third kappa shape index (κ3) is 2.96. The smallest absolute Gasteiger partial charge is 0.193 e. The van der Waals surface area contributed by atoms with Crippen molar-refractivity contribution in [1.82, 2.24) is 0 Å². The minimum atomic E-state index is -1.99. The van der Waals surface area contributed by atoms with Crippen LogP contribution in [0.25, 0.3) is 0 Å². The largest absolute Gasteiger partial charge is 0.376 e. The Hall–Kier alpha value is -3.54. The lowest BCUT2D eigenvalue weighted by Gasteiger charge is -2.32. The Balaban J connectivity index is 1.75. The van der Waals surface area contributed by atoms with E-state index in [1.165, 1.54) is 0 Å². The van der Waals surface area contributed by atoms with Crippen molar-refractivity contribution in [2.75, 3.05) is 0 Å². The van der Waals surface area contributed by atoms with E-state index in [9.17, 15) is 19.8 Å². The molecule has 4 aromatic carbocycles. The van der Waals surface area contributed by atoms with Gasteiger partial charge < -0.3 is 10.2 Å². The predicted molar refractivity (Wildman–Crippen MR) is 137 cm³/mol. The molecule has 0 fully saturated rings. The average Bonchev–Trinajstić information content (AvgIpc) is 3.25. The Morgan fingerprint density at radius 1 is 0.500 bits per heavy atom. The molecule has 2 aliphatic rings. The number of hydrogen-bond donors (Lipinski definition) is 2. The highest BCUT2D eigenvalue weighted by atomic mass is 35.5. The number of Topliss-reactive ketones (excluding diaryl/α,β-unsaturated/α-hetero) is 2. The van der Waals surface area contributed by atoms with Crippen LogP contribution in [0.3, 0.4) is 0 Å². The van der Waals surface area contributed by atoms with E-state index in [-0.39, 0.29) is 22.3 Å². The number of carbonyl (C=O) groups is 2. The minimum absolute atomic E-state index is 0.176. The fourth-order valence-electron chi connectivity index (χ4n) is 5.43. The fourth-order valence-corrected chi connectivity index (χ4v) is 5.68. The highest BCUT2D eigenvalue weighted by molar-refractivity contribution is 6.31. The molecule has 2 N–H and O–H groups in total. The summed E-state index contributed by atoms with van der Waals surface area (Å²) < 4.78 is 0. The summed E-state index contributed by atoms with van der Waals surface area (Å²) >= 11 is 12.2. The van der Waals surface area contributed by atoms with Gasteiger partial charge in [-0.1, -0.05) is 96.0 Å². The van der Waals surface area contributed by atoms with Crippen LogP contribution in [0, 0.1) is 0 Å². The molecule has 176 valence electrons. The van der Waals surface area contributed by atoms with Gasteiger partial charge in [0.25, 0.3) is 0 Å². The predicted octanol–water partition coefficient (Wildman–Crippen LogP) is 5.85. The van der Waals surface area contributed by atoms with Crippen molar-refractivity contribution >= 4 is 34.8 Å². The summed E-state index contributed by atoms with van der Waals surface area (Å²) in [5.41, 5.74) is -2.43. The van der Waals surface area contributed by atoms with Crippen molar-refractivity contribution in [1.29, 1.82) is 0 Å². The molecule has 36 heavy (non-hydrogen) atoms. The molecule has 0 saturated carbocycles. The van der Waals surface area contributed by atoms with E-state index in [0.717, 1.165) is 0 Å². The second-order valence-electron chi connectivity index (χ2n) is 8.93. The van der Waals surface area contributed by atoms with Crippen molar-refractivity contribution in [3.63, 3.8) is 0 Å². The van der Waals surface area contributed by atoms with Crippen LogP contribution in [-0.2, 0) is 11.2 Å². The molecule has 0 radical (unpaired) electrons. The van der Waals surface area contributed by atoms with Gasteiger partial charge in [0.2, 0.25) is 0 Å². The van der Waals surface area contributed by atoms with Gasteiger partial charge in [0.05, 0.1) is 11.1 Å². The third-order valence-corrected chi connectivity index (χ3v) is 7.58. The maximum absolute atomic E-state index is 14.0. The highest BCUT2D eigenvalue weighted by Gasteiger charge is 2.57. The zero-order valence-corrected chi connectivity index (χ0v) is 20.2. The molecule has 2 atom stereocenters. The number of rotatable bonds is 2. The third-order valence-electron chi connectivity index (χ3n) is 7.07. The zero-order chi connectivity index (χ0) is 25.2. The summed E-state index contributed by atoms with van der Waals surface area (Å²) in [6.45, 7) is 0. The van der Waals surface area contributed by atoms with E-state index in [4.69, 9.17) is 23.2 Å². The normalized spacial score (nSPS) is 24.7. The lowest BCUT2D eigenvalue weighted by atomic mass is 9.76. The van der Waals surface area contributed by atoms with E-state index in [1.54, 1.807) is 97.1 Å². The molecule has 2 unspecified atom stereocenters. The highest BCUT2D eigenvalue weighted by Crippen LogP contribution is 2.54. The molecule has 4 aromatic rings. The molecule has 0 spiro atoms. The van der Waals surface area contributed by atoms with Crippen LogP contribution in [0.2, 0.25) is 10.0 Å². The topological polar surface area (TPSA) is 74.6 Å². The zero-order valence-electron chi connectivity index (χ0n) is 18.7. The van der Waals surface area contributed by atoms with E-state index in [1.807, 2.05) is 0 Å². The molecular weight excluding hydrogens is 495 g/mol. The summed E-state index contributed by atoms with van der Waals surface area (Å²) in [7, 11) is 0. The number of hydrogen-bond acceptors (Lipinski definition) is 4. The van der Waals surface area contributed by atoms with Gasteiger partial charge in [0, 0.05) is 32.3 Å².